The van der Waals surface area contributed by atoms with Gasteiger partial charge in [-0.25, -0.2) is 9.97 Å². The van der Waals surface area contributed by atoms with Crippen molar-refractivity contribution >= 4 is 21.5 Å². The molecule has 8 aromatic carbocycles. The van der Waals surface area contributed by atoms with E-state index >= 15 is 0 Å². The fourth-order valence-electron chi connectivity index (χ4n) is 9.92. The lowest BCUT2D eigenvalue weighted by Crippen LogP contribution is -2.28. The van der Waals surface area contributed by atoms with Crippen LogP contribution >= 0.6 is 0 Å². The van der Waals surface area contributed by atoms with Crippen molar-refractivity contribution in [3.63, 3.8) is 0 Å². The van der Waals surface area contributed by atoms with E-state index in [0.29, 0.717) is 0 Å². The maximum atomic E-state index is 5.24. The average Bonchev–Trinajstić information content (AvgIpc) is 3.53. The Morgan fingerprint density at radius 1 is 0.357 bits per heavy atom. The van der Waals surface area contributed by atoms with Crippen LogP contribution in [-0.2, 0) is 5.41 Å². The van der Waals surface area contributed by atoms with Crippen LogP contribution < -0.4 is 0 Å². The summed E-state index contributed by atoms with van der Waals surface area (Å²) < 4.78 is 0. The third-order valence-electron chi connectivity index (χ3n) is 12.5. The van der Waals surface area contributed by atoms with Gasteiger partial charge in [-0.2, -0.15) is 0 Å². The summed E-state index contributed by atoms with van der Waals surface area (Å²) >= 11 is 0. The minimum atomic E-state index is 0.0758. The van der Waals surface area contributed by atoms with E-state index in [4.69, 9.17) is 9.97 Å². The zero-order valence-electron chi connectivity index (χ0n) is 31.3. The molecule has 0 unspecified atom stereocenters. The van der Waals surface area contributed by atoms with Gasteiger partial charge in [0.1, 0.15) is 0 Å². The van der Waals surface area contributed by atoms with Crippen LogP contribution in [0.25, 0.3) is 88.8 Å². The van der Waals surface area contributed by atoms with Crippen LogP contribution in [0.4, 0.5) is 0 Å². The van der Waals surface area contributed by atoms with E-state index in [2.05, 4.69) is 158 Å². The van der Waals surface area contributed by atoms with Gasteiger partial charge in [0.2, 0.25) is 0 Å². The quantitative estimate of drug-likeness (QED) is 0.177. The molecule has 0 amide bonds. The Bertz CT molecular complexity index is 2880. The van der Waals surface area contributed by atoms with E-state index < -0.39 is 0 Å². The maximum absolute atomic E-state index is 5.24. The largest absolute Gasteiger partial charge is 0.228 e. The van der Waals surface area contributed by atoms with E-state index in [-0.39, 0.29) is 5.41 Å². The molecule has 11 rings (SSSR count). The second kappa shape index (κ2) is 13.3. The second-order valence-electron chi connectivity index (χ2n) is 15.6. The highest BCUT2D eigenvalue weighted by atomic mass is 14.9. The zero-order valence-corrected chi connectivity index (χ0v) is 31.3. The van der Waals surface area contributed by atoms with Gasteiger partial charge in [-0.05, 0) is 97.1 Å². The van der Waals surface area contributed by atoms with E-state index in [1.54, 1.807) is 0 Å². The molecule has 1 heterocycles. The molecule has 9 aromatic rings. The maximum Gasteiger partial charge on any atom is 0.160 e. The SMILES string of the molecule is c1ccc(-c2cc(-c3ccccc3-c3ccc(-c4cccc5c4-c4cc6ccccc6cc4C54CCCCC4)c4ccccc34)nc(-c3ccccc3)n2)cc1. The Morgan fingerprint density at radius 3 is 1.66 bits per heavy atom. The van der Waals surface area contributed by atoms with Crippen molar-refractivity contribution in [2.45, 2.75) is 37.5 Å². The van der Waals surface area contributed by atoms with Crippen molar-refractivity contribution in [3.05, 3.63) is 193 Å². The predicted octanol–water partition coefficient (Wildman–Crippen LogP) is 14.3. The molecule has 2 aliphatic rings. The summed E-state index contributed by atoms with van der Waals surface area (Å²) in [4.78, 5) is 10.3. The number of nitrogens with zero attached hydrogens (tertiary/aromatic N) is 2. The molecule has 0 bridgehead atoms. The number of aromatic nitrogens is 2. The summed E-state index contributed by atoms with van der Waals surface area (Å²) in [7, 11) is 0. The first-order chi connectivity index (χ1) is 27.7. The minimum absolute atomic E-state index is 0.0758. The molecule has 2 heteroatoms. The summed E-state index contributed by atoms with van der Waals surface area (Å²) in [5.74, 6) is 0.721. The predicted molar refractivity (Wildman–Crippen MR) is 234 cm³/mol. The van der Waals surface area contributed by atoms with Crippen molar-refractivity contribution in [1.29, 1.82) is 0 Å². The minimum Gasteiger partial charge on any atom is -0.228 e. The van der Waals surface area contributed by atoms with Crippen LogP contribution in [-0.4, -0.2) is 9.97 Å². The normalized spacial score (nSPS) is 14.2. The molecule has 0 atom stereocenters. The summed E-state index contributed by atoms with van der Waals surface area (Å²) in [6, 6.07) is 66.3. The van der Waals surface area contributed by atoms with Crippen molar-refractivity contribution in [2.75, 3.05) is 0 Å². The van der Waals surface area contributed by atoms with E-state index in [9.17, 15) is 0 Å². The Morgan fingerprint density at radius 2 is 0.929 bits per heavy atom. The molecular formula is C54H40N2. The van der Waals surface area contributed by atoms with Crippen LogP contribution in [0, 0.1) is 0 Å². The molecular weight excluding hydrogens is 677 g/mol. The van der Waals surface area contributed by atoms with Crippen LogP contribution in [0.15, 0.2) is 182 Å². The van der Waals surface area contributed by atoms with Crippen molar-refractivity contribution in [2.24, 2.45) is 0 Å². The number of hydrogen-bond acceptors (Lipinski definition) is 2. The molecule has 56 heavy (non-hydrogen) atoms. The standard InChI is InChI=1S/C54H40N2/c1-4-17-36(18-5-1)50-35-51(56-53(55-50)37-19-6-2-7-20-37)45-26-13-12-25-42(45)43-29-30-44(41-24-11-10-23-40(41)43)46-27-16-28-48-52(46)47-33-38-21-8-9-22-39(38)34-49(47)54(48)31-14-3-15-32-54/h1-2,4-13,16-30,33-35H,3,14-15,31-32H2. The smallest absolute Gasteiger partial charge is 0.160 e. The highest BCUT2D eigenvalue weighted by Gasteiger charge is 2.44. The topological polar surface area (TPSA) is 25.8 Å². The summed E-state index contributed by atoms with van der Waals surface area (Å²) in [5.41, 5.74) is 15.9. The summed E-state index contributed by atoms with van der Waals surface area (Å²) in [5, 5.41) is 5.15. The highest BCUT2D eigenvalue weighted by Crippen LogP contribution is 2.59. The lowest BCUT2D eigenvalue weighted by molar-refractivity contribution is 0.353. The van der Waals surface area contributed by atoms with Gasteiger partial charge in [0.25, 0.3) is 0 Å². The van der Waals surface area contributed by atoms with Gasteiger partial charge < -0.3 is 0 Å². The third-order valence-corrected chi connectivity index (χ3v) is 12.5. The van der Waals surface area contributed by atoms with Crippen LogP contribution in [0.5, 0.6) is 0 Å². The van der Waals surface area contributed by atoms with Crippen LogP contribution in [0.2, 0.25) is 0 Å². The average molecular weight is 717 g/mol. The van der Waals surface area contributed by atoms with Crippen LogP contribution in [0.3, 0.4) is 0 Å². The van der Waals surface area contributed by atoms with Gasteiger partial charge >= 0.3 is 0 Å². The Balaban J connectivity index is 1.11. The van der Waals surface area contributed by atoms with E-state index in [1.807, 2.05) is 24.3 Å². The molecule has 1 aromatic heterocycles. The van der Waals surface area contributed by atoms with Gasteiger partial charge in [0.15, 0.2) is 5.82 Å². The number of benzene rings is 8. The first-order valence-electron chi connectivity index (χ1n) is 20.0. The van der Waals surface area contributed by atoms with Gasteiger partial charge in [0, 0.05) is 22.1 Å². The first kappa shape index (κ1) is 32.8. The van der Waals surface area contributed by atoms with E-state index in [1.165, 1.54) is 92.6 Å². The van der Waals surface area contributed by atoms with Crippen LogP contribution in [0.1, 0.15) is 43.2 Å². The Hall–Kier alpha value is -6.64. The van der Waals surface area contributed by atoms with E-state index in [0.717, 1.165) is 39.5 Å². The fourth-order valence-corrected chi connectivity index (χ4v) is 9.92. The monoisotopic (exact) mass is 716 g/mol. The molecule has 0 saturated heterocycles. The number of hydrogen-bond donors (Lipinski definition) is 0. The lowest BCUT2D eigenvalue weighted by Gasteiger charge is -2.36. The fraction of sp³-hybridized carbons (Fsp3) is 0.111. The molecule has 1 saturated carbocycles. The van der Waals surface area contributed by atoms with Gasteiger partial charge in [-0.3, -0.25) is 0 Å². The summed E-state index contributed by atoms with van der Waals surface area (Å²) in [6.45, 7) is 0. The number of rotatable bonds is 5. The Labute approximate surface area is 328 Å². The lowest BCUT2D eigenvalue weighted by atomic mass is 9.67. The number of fused-ring (bicyclic) bond motifs is 7. The van der Waals surface area contributed by atoms with Crippen molar-refractivity contribution in [3.8, 4) is 67.3 Å². The third kappa shape index (κ3) is 5.24. The molecule has 2 aliphatic carbocycles. The van der Waals surface area contributed by atoms with Gasteiger partial charge in [-0.15, -0.1) is 0 Å². The highest BCUT2D eigenvalue weighted by molar-refractivity contribution is 6.10. The Kier molecular flexibility index (Phi) is 7.77. The molecule has 0 N–H and O–H groups in total. The zero-order chi connectivity index (χ0) is 37.1. The van der Waals surface area contributed by atoms with Gasteiger partial charge in [-0.1, -0.05) is 183 Å². The second-order valence-corrected chi connectivity index (χ2v) is 15.6. The van der Waals surface area contributed by atoms with Crippen molar-refractivity contribution < 1.29 is 0 Å². The molecule has 1 fully saturated rings. The molecule has 0 radical (unpaired) electrons. The molecule has 266 valence electrons. The molecule has 1 spiro atoms. The van der Waals surface area contributed by atoms with Crippen molar-refractivity contribution in [1.82, 2.24) is 9.97 Å². The first-order valence-corrected chi connectivity index (χ1v) is 20.0. The summed E-state index contributed by atoms with van der Waals surface area (Å²) in [6.07, 6.45) is 6.31. The van der Waals surface area contributed by atoms with Gasteiger partial charge in [0.05, 0.1) is 11.4 Å². The molecule has 0 aliphatic heterocycles. The molecule has 2 nitrogen and oxygen atoms in total.